The first-order chi connectivity index (χ1) is 11.1. The van der Waals surface area contributed by atoms with Crippen LogP contribution in [0.15, 0.2) is 12.3 Å². The number of rotatable bonds is 7. The van der Waals surface area contributed by atoms with E-state index in [9.17, 15) is 4.79 Å². The second-order valence-corrected chi connectivity index (χ2v) is 6.62. The Hall–Kier alpha value is -0.460. The number of piperazine rings is 1. The predicted molar refractivity (Wildman–Crippen MR) is 110 cm³/mol. The summed E-state index contributed by atoms with van der Waals surface area (Å²) in [5.41, 5.74) is 5.47. The lowest BCUT2D eigenvalue weighted by molar-refractivity contribution is -0.131. The molecule has 2 N–H and O–H groups in total. The Morgan fingerprint density at radius 3 is 2.32 bits per heavy atom. The number of hydrogen-bond acceptors (Lipinski definition) is 4. The van der Waals surface area contributed by atoms with Crippen LogP contribution in [0, 0.1) is 0 Å². The molecule has 1 saturated heterocycles. The summed E-state index contributed by atoms with van der Waals surface area (Å²) in [6.07, 6.45) is 6.41. The number of hydrogen-bond donors (Lipinski definition) is 1. The number of halogens is 4. The molecular formula is C16H26Cl4N4O. The van der Waals surface area contributed by atoms with Crippen molar-refractivity contribution in [1.29, 1.82) is 0 Å². The molecule has 1 aliphatic rings. The van der Waals surface area contributed by atoms with Gasteiger partial charge in [-0.15, -0.1) is 24.8 Å². The quantitative estimate of drug-likeness (QED) is 0.667. The van der Waals surface area contributed by atoms with Gasteiger partial charge in [0.25, 0.3) is 0 Å². The van der Waals surface area contributed by atoms with E-state index in [0.717, 1.165) is 51.1 Å². The number of carbonyl (C=O) groups is 1. The first-order valence-electron chi connectivity index (χ1n) is 8.15. The van der Waals surface area contributed by atoms with E-state index in [2.05, 4.69) is 9.88 Å². The van der Waals surface area contributed by atoms with Gasteiger partial charge in [-0.2, -0.15) is 0 Å². The number of nitrogens with two attached hydrogens (primary N) is 1. The van der Waals surface area contributed by atoms with E-state index in [1.807, 2.05) is 4.90 Å². The minimum absolute atomic E-state index is 0. The van der Waals surface area contributed by atoms with Gasteiger partial charge < -0.3 is 15.5 Å². The van der Waals surface area contributed by atoms with E-state index < -0.39 is 0 Å². The van der Waals surface area contributed by atoms with E-state index in [1.165, 1.54) is 0 Å². The van der Waals surface area contributed by atoms with Gasteiger partial charge in [-0.3, -0.25) is 4.79 Å². The normalized spacial score (nSPS) is 13.9. The second kappa shape index (κ2) is 12.8. The maximum Gasteiger partial charge on any atom is 0.222 e. The van der Waals surface area contributed by atoms with Gasteiger partial charge in [0.1, 0.15) is 5.82 Å². The molecule has 0 bridgehead atoms. The standard InChI is InChI=1S/C16H24Cl2N4O.2ClH/c17-13-11-14(18)16(20-12-13)22-9-7-21(8-10-22)15(23)5-3-1-2-4-6-19;;/h11-12H,1-10,19H2;2*1H. The highest BCUT2D eigenvalue weighted by Gasteiger charge is 2.22. The summed E-state index contributed by atoms with van der Waals surface area (Å²) in [7, 11) is 0. The molecule has 0 atom stereocenters. The summed E-state index contributed by atoms with van der Waals surface area (Å²) in [6, 6.07) is 1.70. The number of nitrogens with zero attached hydrogens (tertiary/aromatic N) is 3. The SMILES string of the molecule is Cl.Cl.NCCCCCCC(=O)N1CCN(c2ncc(Cl)cc2Cl)CC1. The zero-order chi connectivity index (χ0) is 16.7. The smallest absolute Gasteiger partial charge is 0.222 e. The van der Waals surface area contributed by atoms with Crippen LogP contribution in [-0.4, -0.2) is 48.5 Å². The lowest BCUT2D eigenvalue weighted by Gasteiger charge is -2.35. The predicted octanol–water partition coefficient (Wildman–Crippen LogP) is 3.79. The molecule has 0 saturated carbocycles. The maximum absolute atomic E-state index is 12.2. The fourth-order valence-corrected chi connectivity index (χ4v) is 3.24. The maximum atomic E-state index is 12.2. The minimum atomic E-state index is 0. The number of pyridine rings is 1. The third-order valence-corrected chi connectivity index (χ3v) is 4.55. The van der Waals surface area contributed by atoms with Gasteiger partial charge in [-0.25, -0.2) is 4.98 Å². The highest BCUT2D eigenvalue weighted by Crippen LogP contribution is 2.26. The van der Waals surface area contributed by atoms with Crippen LogP contribution < -0.4 is 10.6 Å². The van der Waals surface area contributed by atoms with Crippen molar-refractivity contribution in [2.45, 2.75) is 32.1 Å². The molecule has 0 spiro atoms. The van der Waals surface area contributed by atoms with Crippen LogP contribution in [0.25, 0.3) is 0 Å². The van der Waals surface area contributed by atoms with Gasteiger partial charge in [0.05, 0.1) is 10.0 Å². The van der Waals surface area contributed by atoms with Crippen LogP contribution >= 0.6 is 48.0 Å². The fourth-order valence-electron chi connectivity index (χ4n) is 2.74. The Labute approximate surface area is 172 Å². The number of carbonyl (C=O) groups excluding carboxylic acids is 1. The number of aromatic nitrogens is 1. The monoisotopic (exact) mass is 430 g/mol. The Morgan fingerprint density at radius 2 is 1.72 bits per heavy atom. The Kier molecular flexibility index (Phi) is 12.6. The molecule has 1 fully saturated rings. The van der Waals surface area contributed by atoms with Gasteiger partial charge in [0, 0.05) is 38.8 Å². The van der Waals surface area contributed by atoms with Crippen LogP contribution in [0.1, 0.15) is 32.1 Å². The molecule has 0 aromatic carbocycles. The zero-order valence-corrected chi connectivity index (χ0v) is 17.3. The van der Waals surface area contributed by atoms with Crippen LogP contribution in [0.3, 0.4) is 0 Å². The summed E-state index contributed by atoms with van der Waals surface area (Å²) in [5, 5.41) is 1.08. The number of unbranched alkanes of at least 4 members (excludes halogenated alkanes) is 3. The molecule has 1 aliphatic heterocycles. The fraction of sp³-hybridized carbons (Fsp3) is 0.625. The molecule has 9 heteroatoms. The topological polar surface area (TPSA) is 62.5 Å². The van der Waals surface area contributed by atoms with Crippen molar-refractivity contribution in [2.24, 2.45) is 5.73 Å². The van der Waals surface area contributed by atoms with Crippen molar-refractivity contribution in [3.63, 3.8) is 0 Å². The van der Waals surface area contributed by atoms with Gasteiger partial charge in [-0.1, -0.05) is 36.0 Å². The van der Waals surface area contributed by atoms with Crippen LogP contribution in [0.2, 0.25) is 10.0 Å². The summed E-state index contributed by atoms with van der Waals surface area (Å²) in [5.74, 6) is 0.984. The van der Waals surface area contributed by atoms with Gasteiger partial charge in [0.2, 0.25) is 5.91 Å². The highest BCUT2D eigenvalue weighted by molar-refractivity contribution is 6.36. The number of amides is 1. The van der Waals surface area contributed by atoms with Gasteiger partial charge >= 0.3 is 0 Å². The van der Waals surface area contributed by atoms with Crippen molar-refractivity contribution in [2.75, 3.05) is 37.6 Å². The molecule has 2 heterocycles. The largest absolute Gasteiger partial charge is 0.352 e. The summed E-state index contributed by atoms with van der Waals surface area (Å²) >= 11 is 12.1. The van der Waals surface area contributed by atoms with E-state index in [-0.39, 0.29) is 30.7 Å². The van der Waals surface area contributed by atoms with E-state index in [4.69, 9.17) is 28.9 Å². The average Bonchev–Trinajstić information content (AvgIpc) is 2.55. The first-order valence-corrected chi connectivity index (χ1v) is 8.91. The highest BCUT2D eigenvalue weighted by atomic mass is 35.5. The van der Waals surface area contributed by atoms with Crippen LogP contribution in [0.4, 0.5) is 5.82 Å². The van der Waals surface area contributed by atoms with Crippen LogP contribution in [0.5, 0.6) is 0 Å². The van der Waals surface area contributed by atoms with Crippen molar-refractivity contribution in [1.82, 2.24) is 9.88 Å². The summed E-state index contributed by atoms with van der Waals surface area (Å²) < 4.78 is 0. The molecule has 1 aromatic rings. The molecule has 0 radical (unpaired) electrons. The minimum Gasteiger partial charge on any atom is -0.352 e. The van der Waals surface area contributed by atoms with Crippen molar-refractivity contribution < 1.29 is 4.79 Å². The second-order valence-electron chi connectivity index (χ2n) is 5.78. The van der Waals surface area contributed by atoms with Gasteiger partial charge in [0.15, 0.2) is 0 Å². The summed E-state index contributed by atoms with van der Waals surface area (Å²) in [6.45, 7) is 3.64. The van der Waals surface area contributed by atoms with Crippen molar-refractivity contribution >= 4 is 59.7 Å². The molecule has 0 unspecified atom stereocenters. The molecule has 5 nitrogen and oxygen atoms in total. The summed E-state index contributed by atoms with van der Waals surface area (Å²) in [4.78, 5) is 20.5. The molecule has 25 heavy (non-hydrogen) atoms. The molecule has 1 aromatic heterocycles. The average molecular weight is 432 g/mol. The third-order valence-electron chi connectivity index (χ3n) is 4.07. The number of anilines is 1. The lowest BCUT2D eigenvalue weighted by Crippen LogP contribution is -2.49. The molecular weight excluding hydrogens is 406 g/mol. The Morgan fingerprint density at radius 1 is 1.08 bits per heavy atom. The van der Waals surface area contributed by atoms with Gasteiger partial charge in [-0.05, 0) is 25.5 Å². The Bertz CT molecular complexity index is 525. The molecule has 1 amide bonds. The Balaban J connectivity index is 0.00000288. The van der Waals surface area contributed by atoms with Crippen LogP contribution in [-0.2, 0) is 4.79 Å². The van der Waals surface area contributed by atoms with E-state index >= 15 is 0 Å². The molecule has 2 rings (SSSR count). The van der Waals surface area contributed by atoms with E-state index in [1.54, 1.807) is 12.3 Å². The van der Waals surface area contributed by atoms with Crippen molar-refractivity contribution in [3.8, 4) is 0 Å². The lowest BCUT2D eigenvalue weighted by atomic mass is 10.1. The van der Waals surface area contributed by atoms with E-state index in [0.29, 0.717) is 29.6 Å². The first kappa shape index (κ1) is 24.5. The molecule has 0 aliphatic carbocycles. The molecule has 144 valence electrons. The third kappa shape index (κ3) is 7.75. The van der Waals surface area contributed by atoms with Crippen molar-refractivity contribution in [3.05, 3.63) is 22.3 Å². The zero-order valence-electron chi connectivity index (χ0n) is 14.1.